The average Bonchev–Trinajstić information content (AvgIpc) is 2.81. The van der Waals surface area contributed by atoms with Gasteiger partial charge < -0.3 is 9.15 Å². The van der Waals surface area contributed by atoms with E-state index in [1.165, 1.54) is 0 Å². The van der Waals surface area contributed by atoms with Gasteiger partial charge in [-0.25, -0.2) is 4.79 Å². The van der Waals surface area contributed by atoms with E-state index in [-0.39, 0.29) is 17.5 Å². The first-order valence-corrected chi connectivity index (χ1v) is 7.49. The highest BCUT2D eigenvalue weighted by molar-refractivity contribution is 14.1. The molecule has 0 amide bonds. The van der Waals surface area contributed by atoms with Crippen molar-refractivity contribution < 1.29 is 9.15 Å². The highest BCUT2D eigenvalue weighted by Gasteiger charge is 2.32. The summed E-state index contributed by atoms with van der Waals surface area (Å²) in [6.45, 7) is 4.74. The van der Waals surface area contributed by atoms with Crippen LogP contribution in [0.4, 0.5) is 0 Å². The summed E-state index contributed by atoms with van der Waals surface area (Å²) >= 11 is 2.24. The molecule has 0 spiro atoms. The summed E-state index contributed by atoms with van der Waals surface area (Å²) in [6.07, 6.45) is 2.10. The molecule has 1 fully saturated rings. The first kappa shape index (κ1) is 13.2. The number of hydrogen-bond acceptors (Lipinski definition) is 3. The number of aromatic nitrogens is 1. The van der Waals surface area contributed by atoms with Gasteiger partial charge in [0.05, 0.1) is 23.8 Å². The molecule has 1 saturated heterocycles. The van der Waals surface area contributed by atoms with Gasteiger partial charge in [-0.3, -0.25) is 4.57 Å². The summed E-state index contributed by atoms with van der Waals surface area (Å²) < 4.78 is 14.0. The fourth-order valence-electron chi connectivity index (χ4n) is 2.62. The first-order chi connectivity index (χ1) is 8.94. The van der Waals surface area contributed by atoms with E-state index in [0.29, 0.717) is 12.1 Å². The molecule has 1 aliphatic heterocycles. The molecule has 5 heteroatoms. The van der Waals surface area contributed by atoms with E-state index in [9.17, 15) is 4.79 Å². The molecule has 0 saturated carbocycles. The monoisotopic (exact) mass is 373 g/mol. The van der Waals surface area contributed by atoms with Crippen molar-refractivity contribution in [1.29, 1.82) is 0 Å². The second kappa shape index (κ2) is 4.63. The summed E-state index contributed by atoms with van der Waals surface area (Å²) in [5.41, 5.74) is 1.41. The minimum Gasteiger partial charge on any atom is -0.408 e. The number of benzene rings is 1. The van der Waals surface area contributed by atoms with Crippen LogP contribution in [0, 0.1) is 3.57 Å². The van der Waals surface area contributed by atoms with Gasteiger partial charge in [-0.2, -0.15) is 0 Å². The molecule has 0 N–H and O–H groups in total. The average molecular weight is 373 g/mol. The molecule has 2 aromatic rings. The maximum absolute atomic E-state index is 11.9. The minimum atomic E-state index is -0.301. The predicted molar refractivity (Wildman–Crippen MR) is 81.4 cm³/mol. The minimum absolute atomic E-state index is 0.0811. The Kier molecular flexibility index (Phi) is 3.21. The largest absolute Gasteiger partial charge is 0.420 e. The molecule has 1 aromatic carbocycles. The fraction of sp³-hybridized carbons (Fsp3) is 0.500. The number of hydrogen-bond donors (Lipinski definition) is 0. The van der Waals surface area contributed by atoms with Crippen molar-refractivity contribution in [3.05, 3.63) is 32.3 Å². The topological polar surface area (TPSA) is 44.4 Å². The Balaban J connectivity index is 1.95. The maximum atomic E-state index is 11.9. The number of fused-ring (bicyclic) bond motifs is 1. The number of halogens is 1. The fourth-order valence-corrected chi connectivity index (χ4v) is 3.09. The van der Waals surface area contributed by atoms with Gasteiger partial charge in [0, 0.05) is 3.57 Å². The van der Waals surface area contributed by atoms with Gasteiger partial charge >= 0.3 is 5.76 Å². The lowest BCUT2D eigenvalue weighted by Crippen LogP contribution is -2.26. The van der Waals surface area contributed by atoms with Crippen molar-refractivity contribution in [2.45, 2.75) is 44.9 Å². The standard InChI is InChI=1S/C14H16INO3/c1-14(2)6-5-10(19-14)8-16-11-7-9(15)3-4-12(11)18-13(16)17/h3-4,7,10H,5-6,8H2,1-2H3. The van der Waals surface area contributed by atoms with Crippen LogP contribution >= 0.6 is 22.6 Å². The van der Waals surface area contributed by atoms with E-state index in [1.54, 1.807) is 4.57 Å². The third kappa shape index (κ3) is 2.58. The van der Waals surface area contributed by atoms with Gasteiger partial charge in [0.1, 0.15) is 0 Å². The lowest BCUT2D eigenvalue weighted by molar-refractivity contribution is -0.0219. The van der Waals surface area contributed by atoms with Crippen molar-refractivity contribution >= 4 is 33.7 Å². The lowest BCUT2D eigenvalue weighted by Gasteiger charge is -2.19. The van der Waals surface area contributed by atoms with Crippen LogP contribution in [0.3, 0.4) is 0 Å². The van der Waals surface area contributed by atoms with Crippen molar-refractivity contribution in [2.75, 3.05) is 0 Å². The first-order valence-electron chi connectivity index (χ1n) is 6.41. The third-order valence-corrected chi connectivity index (χ3v) is 4.24. The zero-order valence-corrected chi connectivity index (χ0v) is 13.1. The lowest BCUT2D eigenvalue weighted by atomic mass is 10.1. The molecule has 0 radical (unpaired) electrons. The van der Waals surface area contributed by atoms with Gasteiger partial charge in [-0.15, -0.1) is 0 Å². The normalized spacial score (nSPS) is 22.2. The summed E-state index contributed by atoms with van der Waals surface area (Å²) in [5, 5.41) is 0. The molecule has 2 heterocycles. The Labute approximate surface area is 124 Å². The summed E-state index contributed by atoms with van der Waals surface area (Å²) in [5.74, 6) is -0.301. The Morgan fingerprint density at radius 1 is 1.47 bits per heavy atom. The van der Waals surface area contributed by atoms with Gasteiger partial charge in [0.15, 0.2) is 5.58 Å². The Hall–Kier alpha value is -0.820. The predicted octanol–water partition coefficient (Wildman–Crippen LogP) is 3.16. The molecule has 0 bridgehead atoms. The molecule has 1 aliphatic rings. The van der Waals surface area contributed by atoms with Crippen LogP contribution in [0.25, 0.3) is 11.1 Å². The van der Waals surface area contributed by atoms with Gasteiger partial charge in [-0.05, 0) is 67.5 Å². The van der Waals surface area contributed by atoms with Crippen LogP contribution in [-0.4, -0.2) is 16.3 Å². The van der Waals surface area contributed by atoms with Crippen molar-refractivity contribution in [2.24, 2.45) is 0 Å². The van der Waals surface area contributed by atoms with Crippen LogP contribution in [0.15, 0.2) is 27.4 Å². The molecule has 19 heavy (non-hydrogen) atoms. The number of nitrogens with zero attached hydrogens (tertiary/aromatic N) is 1. The SMILES string of the molecule is CC1(C)CCC(Cn2c(=O)oc3ccc(I)cc32)O1. The highest BCUT2D eigenvalue weighted by Crippen LogP contribution is 2.30. The van der Waals surface area contributed by atoms with Crippen molar-refractivity contribution in [1.82, 2.24) is 4.57 Å². The number of ether oxygens (including phenoxy) is 1. The van der Waals surface area contributed by atoms with Crippen LogP contribution in [0.5, 0.6) is 0 Å². The third-order valence-electron chi connectivity index (χ3n) is 3.57. The molecular formula is C14H16INO3. The number of rotatable bonds is 2. The van der Waals surface area contributed by atoms with E-state index >= 15 is 0 Å². The smallest absolute Gasteiger partial charge is 0.408 e. The summed E-state index contributed by atoms with van der Waals surface area (Å²) in [4.78, 5) is 11.9. The van der Waals surface area contributed by atoms with Gasteiger partial charge in [-0.1, -0.05) is 0 Å². The molecule has 3 rings (SSSR count). The Morgan fingerprint density at radius 2 is 2.26 bits per heavy atom. The molecule has 0 aliphatic carbocycles. The molecule has 102 valence electrons. The van der Waals surface area contributed by atoms with Gasteiger partial charge in [0.25, 0.3) is 0 Å². The van der Waals surface area contributed by atoms with E-state index in [1.807, 2.05) is 18.2 Å². The van der Waals surface area contributed by atoms with E-state index < -0.39 is 0 Å². The molecule has 4 nitrogen and oxygen atoms in total. The number of oxazole rings is 1. The van der Waals surface area contributed by atoms with E-state index in [0.717, 1.165) is 21.9 Å². The Bertz CT molecular complexity index is 671. The van der Waals surface area contributed by atoms with E-state index in [4.69, 9.17) is 9.15 Å². The quantitative estimate of drug-likeness (QED) is 0.760. The summed E-state index contributed by atoms with van der Waals surface area (Å²) in [6, 6.07) is 5.75. The van der Waals surface area contributed by atoms with Crippen molar-refractivity contribution in [3.63, 3.8) is 0 Å². The molecular weight excluding hydrogens is 357 g/mol. The molecule has 1 aromatic heterocycles. The second-order valence-corrected chi connectivity index (χ2v) is 6.87. The van der Waals surface area contributed by atoms with Gasteiger partial charge in [0.2, 0.25) is 0 Å². The maximum Gasteiger partial charge on any atom is 0.420 e. The van der Waals surface area contributed by atoms with Crippen LogP contribution < -0.4 is 5.76 Å². The zero-order valence-electron chi connectivity index (χ0n) is 11.0. The van der Waals surface area contributed by atoms with E-state index in [2.05, 4.69) is 36.4 Å². The van der Waals surface area contributed by atoms with Crippen LogP contribution in [0.1, 0.15) is 26.7 Å². The summed E-state index contributed by atoms with van der Waals surface area (Å²) in [7, 11) is 0. The molecule has 1 atom stereocenters. The Morgan fingerprint density at radius 3 is 2.95 bits per heavy atom. The second-order valence-electron chi connectivity index (χ2n) is 5.63. The van der Waals surface area contributed by atoms with Crippen LogP contribution in [0.2, 0.25) is 0 Å². The van der Waals surface area contributed by atoms with Crippen LogP contribution in [-0.2, 0) is 11.3 Å². The highest BCUT2D eigenvalue weighted by atomic mass is 127. The zero-order chi connectivity index (χ0) is 13.6. The molecule has 1 unspecified atom stereocenters. The van der Waals surface area contributed by atoms with Crippen molar-refractivity contribution in [3.8, 4) is 0 Å².